The van der Waals surface area contributed by atoms with Crippen molar-refractivity contribution in [2.75, 3.05) is 11.2 Å². The lowest BCUT2D eigenvalue weighted by molar-refractivity contribution is 1.05. The Balaban J connectivity index is 1.86. The first-order valence-corrected chi connectivity index (χ1v) is 8.10. The summed E-state index contributed by atoms with van der Waals surface area (Å²) >= 11 is 0. The minimum absolute atomic E-state index is 0.659. The number of hydrogen-bond donors (Lipinski definition) is 2. The normalized spacial score (nSPS) is 11.4. The number of nitrogens with zero attached hydrogens (tertiary/aromatic N) is 3. The van der Waals surface area contributed by atoms with E-state index in [9.17, 15) is 0 Å². The highest BCUT2D eigenvalue weighted by Crippen LogP contribution is 2.19. The highest BCUT2D eigenvalue weighted by Gasteiger charge is 2.05. The summed E-state index contributed by atoms with van der Waals surface area (Å²) in [6.07, 6.45) is 0. The van der Waals surface area contributed by atoms with Gasteiger partial charge in [-0.25, -0.2) is 9.97 Å². The van der Waals surface area contributed by atoms with Gasteiger partial charge in [0.05, 0.1) is 11.4 Å². The Labute approximate surface area is 147 Å². The molecule has 1 aromatic heterocycles. The number of aryl methyl sites for hydroxylation is 2. The summed E-state index contributed by atoms with van der Waals surface area (Å²) in [5.41, 5.74) is 14.5. The Morgan fingerprint density at radius 3 is 2.48 bits per heavy atom. The molecule has 3 N–H and O–H groups in total. The number of rotatable bonds is 4. The predicted octanol–water partition coefficient (Wildman–Crippen LogP) is 4.18. The van der Waals surface area contributed by atoms with Crippen LogP contribution in [0.2, 0.25) is 0 Å². The second-order valence-electron chi connectivity index (χ2n) is 5.99. The largest absolute Gasteiger partial charge is 0.399 e. The highest BCUT2D eigenvalue weighted by atomic mass is 15.3. The van der Waals surface area contributed by atoms with E-state index >= 15 is 0 Å². The van der Waals surface area contributed by atoms with E-state index < -0.39 is 0 Å². The Morgan fingerprint density at radius 2 is 1.76 bits per heavy atom. The van der Waals surface area contributed by atoms with Crippen molar-refractivity contribution in [3.63, 3.8) is 0 Å². The quantitative estimate of drug-likeness (QED) is 0.427. The van der Waals surface area contributed by atoms with Crippen LogP contribution in [-0.4, -0.2) is 15.7 Å². The van der Waals surface area contributed by atoms with Gasteiger partial charge < -0.3 is 5.73 Å². The van der Waals surface area contributed by atoms with Crippen LogP contribution in [0.4, 0.5) is 11.5 Å². The van der Waals surface area contributed by atoms with Gasteiger partial charge in [-0.15, -0.1) is 0 Å². The molecule has 0 saturated carbocycles. The van der Waals surface area contributed by atoms with Crippen molar-refractivity contribution in [2.45, 2.75) is 20.8 Å². The van der Waals surface area contributed by atoms with Gasteiger partial charge >= 0.3 is 0 Å². The lowest BCUT2D eigenvalue weighted by atomic mass is 10.1. The number of hydrogen-bond acceptors (Lipinski definition) is 5. The molecule has 3 rings (SSSR count). The van der Waals surface area contributed by atoms with E-state index in [1.165, 1.54) is 0 Å². The van der Waals surface area contributed by atoms with Crippen molar-refractivity contribution in [1.82, 2.24) is 9.97 Å². The van der Waals surface area contributed by atoms with E-state index in [1.54, 1.807) is 0 Å². The van der Waals surface area contributed by atoms with Gasteiger partial charge in [0.2, 0.25) is 0 Å². The topological polar surface area (TPSA) is 76.2 Å². The number of aromatic nitrogens is 2. The van der Waals surface area contributed by atoms with Crippen LogP contribution in [0.5, 0.6) is 0 Å². The molecular weight excluding hydrogens is 310 g/mol. The summed E-state index contributed by atoms with van der Waals surface area (Å²) in [5, 5.41) is 4.44. The SMILES string of the molecule is C/C(=N\Nc1cc(-c2ccccc2)nc(C)n1)c1cc(C)cc(N)c1. The number of benzene rings is 2. The summed E-state index contributed by atoms with van der Waals surface area (Å²) < 4.78 is 0. The van der Waals surface area contributed by atoms with Crippen molar-refractivity contribution in [1.29, 1.82) is 0 Å². The average molecular weight is 331 g/mol. The molecule has 0 bridgehead atoms. The molecule has 5 heteroatoms. The number of nitrogen functional groups attached to an aromatic ring is 1. The van der Waals surface area contributed by atoms with Crippen molar-refractivity contribution in [3.05, 3.63) is 71.5 Å². The van der Waals surface area contributed by atoms with Crippen LogP contribution < -0.4 is 11.2 Å². The molecule has 0 saturated heterocycles. The van der Waals surface area contributed by atoms with Gasteiger partial charge in [0, 0.05) is 17.3 Å². The van der Waals surface area contributed by atoms with Crippen LogP contribution >= 0.6 is 0 Å². The van der Waals surface area contributed by atoms with E-state index in [0.717, 1.165) is 33.8 Å². The van der Waals surface area contributed by atoms with Crippen LogP contribution in [0.1, 0.15) is 23.9 Å². The Morgan fingerprint density at radius 1 is 1.00 bits per heavy atom. The van der Waals surface area contributed by atoms with Crippen molar-refractivity contribution < 1.29 is 0 Å². The summed E-state index contributed by atoms with van der Waals surface area (Å²) in [7, 11) is 0. The maximum absolute atomic E-state index is 5.91. The summed E-state index contributed by atoms with van der Waals surface area (Å²) in [4.78, 5) is 8.90. The average Bonchev–Trinajstić information content (AvgIpc) is 2.59. The number of anilines is 2. The fourth-order valence-electron chi connectivity index (χ4n) is 2.61. The van der Waals surface area contributed by atoms with Gasteiger partial charge in [0.15, 0.2) is 0 Å². The zero-order valence-corrected chi connectivity index (χ0v) is 14.6. The first kappa shape index (κ1) is 16.6. The molecule has 5 nitrogen and oxygen atoms in total. The monoisotopic (exact) mass is 331 g/mol. The van der Waals surface area contributed by atoms with E-state index in [0.29, 0.717) is 11.6 Å². The molecule has 0 aliphatic carbocycles. The third-order valence-corrected chi connectivity index (χ3v) is 3.76. The molecule has 0 spiro atoms. The Kier molecular flexibility index (Phi) is 4.75. The maximum Gasteiger partial charge on any atom is 0.150 e. The van der Waals surface area contributed by atoms with E-state index in [4.69, 9.17) is 5.73 Å². The van der Waals surface area contributed by atoms with Gasteiger partial charge in [-0.3, -0.25) is 5.43 Å². The fraction of sp³-hybridized carbons (Fsp3) is 0.150. The van der Waals surface area contributed by atoms with Crippen molar-refractivity contribution in [3.8, 4) is 11.3 Å². The van der Waals surface area contributed by atoms with Gasteiger partial charge in [-0.2, -0.15) is 5.10 Å². The minimum Gasteiger partial charge on any atom is -0.399 e. The summed E-state index contributed by atoms with van der Waals surface area (Å²) in [5.74, 6) is 1.35. The number of nitrogens with two attached hydrogens (primary N) is 1. The molecule has 126 valence electrons. The Bertz CT molecular complexity index is 896. The zero-order valence-electron chi connectivity index (χ0n) is 14.6. The van der Waals surface area contributed by atoms with Gasteiger partial charge in [-0.05, 0) is 44.0 Å². The number of nitrogens with one attached hydrogen (secondary N) is 1. The molecule has 0 fully saturated rings. The highest BCUT2D eigenvalue weighted by molar-refractivity contribution is 5.99. The van der Waals surface area contributed by atoms with Crippen LogP contribution in [-0.2, 0) is 0 Å². The standard InChI is InChI=1S/C20H21N5/c1-13-9-17(11-18(21)10-13)14(2)24-25-20-12-19(22-15(3)23-20)16-7-5-4-6-8-16/h4-12H,21H2,1-3H3,(H,22,23,25)/b24-14+. The predicted molar refractivity (Wildman–Crippen MR) is 104 cm³/mol. The van der Waals surface area contributed by atoms with Gasteiger partial charge in [0.1, 0.15) is 11.6 Å². The molecular formula is C20H21N5. The maximum atomic E-state index is 5.91. The molecule has 0 aliphatic heterocycles. The fourth-order valence-corrected chi connectivity index (χ4v) is 2.61. The Hall–Kier alpha value is -3.21. The van der Waals surface area contributed by atoms with E-state index in [2.05, 4.69) is 26.6 Å². The molecule has 25 heavy (non-hydrogen) atoms. The van der Waals surface area contributed by atoms with Crippen LogP contribution in [0, 0.1) is 13.8 Å². The van der Waals surface area contributed by atoms with Crippen molar-refractivity contribution >= 4 is 17.2 Å². The number of hydrazone groups is 1. The van der Waals surface area contributed by atoms with E-state index in [-0.39, 0.29) is 0 Å². The smallest absolute Gasteiger partial charge is 0.150 e. The van der Waals surface area contributed by atoms with Gasteiger partial charge in [0.25, 0.3) is 0 Å². The molecule has 1 heterocycles. The first-order valence-electron chi connectivity index (χ1n) is 8.10. The zero-order chi connectivity index (χ0) is 17.8. The van der Waals surface area contributed by atoms with Crippen LogP contribution in [0.25, 0.3) is 11.3 Å². The minimum atomic E-state index is 0.659. The molecule has 0 aliphatic rings. The molecule has 0 amide bonds. The van der Waals surface area contributed by atoms with E-state index in [1.807, 2.05) is 69.3 Å². The van der Waals surface area contributed by atoms with Gasteiger partial charge in [-0.1, -0.05) is 36.4 Å². The molecule has 0 unspecified atom stereocenters. The molecule has 3 aromatic rings. The van der Waals surface area contributed by atoms with Crippen LogP contribution in [0.3, 0.4) is 0 Å². The third kappa shape index (κ3) is 4.20. The summed E-state index contributed by atoms with van der Waals surface area (Å²) in [6, 6.07) is 17.8. The lowest BCUT2D eigenvalue weighted by Crippen LogP contribution is -2.03. The second kappa shape index (κ2) is 7.13. The second-order valence-corrected chi connectivity index (χ2v) is 5.99. The van der Waals surface area contributed by atoms with Crippen molar-refractivity contribution in [2.24, 2.45) is 5.10 Å². The third-order valence-electron chi connectivity index (χ3n) is 3.76. The molecule has 0 radical (unpaired) electrons. The molecule has 0 atom stereocenters. The summed E-state index contributed by atoms with van der Waals surface area (Å²) in [6.45, 7) is 5.82. The van der Waals surface area contributed by atoms with Crippen LogP contribution in [0.15, 0.2) is 59.7 Å². The first-order chi connectivity index (χ1) is 12.0. The lowest BCUT2D eigenvalue weighted by Gasteiger charge is -2.08. The molecule has 2 aromatic carbocycles.